The predicted molar refractivity (Wildman–Crippen MR) is 131 cm³/mol. The molecule has 0 radical (unpaired) electrons. The minimum Gasteiger partial charge on any atom is -0.493 e. The van der Waals surface area contributed by atoms with E-state index >= 15 is 0 Å². The molecule has 1 aliphatic carbocycles. The van der Waals surface area contributed by atoms with E-state index in [1.54, 1.807) is 19.1 Å². The van der Waals surface area contributed by atoms with E-state index in [0.29, 0.717) is 30.5 Å². The Kier molecular flexibility index (Phi) is 10.8. The Hall–Kier alpha value is -2.15. The molecule has 0 unspecified atom stereocenters. The van der Waals surface area contributed by atoms with Gasteiger partial charge in [0.15, 0.2) is 17.5 Å². The number of rotatable bonds is 8. The average molecular weight is 528 g/mol. The first kappa shape index (κ1) is 25.9. The molecule has 0 atom stereocenters. The monoisotopic (exact) mass is 528 g/mol. The standard InChI is InChI=1S/C22H32N4O3.HI/c1-6-13-29-19-14-17(9-10-18(19)28-5)15-24-21(23-2)25-16-22(11-7-8-12-22)20(27)26(3)4;/h1,9-10,14H,7-8,11-13,15-16H2,2-5H3,(H2,23,24,25);1H. The van der Waals surface area contributed by atoms with Crippen LogP contribution < -0.4 is 20.1 Å². The highest BCUT2D eigenvalue weighted by Gasteiger charge is 2.42. The Balaban J connectivity index is 0.00000450. The smallest absolute Gasteiger partial charge is 0.230 e. The second-order valence-electron chi connectivity index (χ2n) is 7.44. The molecule has 0 heterocycles. The van der Waals surface area contributed by atoms with Crippen LogP contribution in [0.3, 0.4) is 0 Å². The molecule has 1 saturated carbocycles. The summed E-state index contributed by atoms with van der Waals surface area (Å²) in [5, 5.41) is 6.63. The molecule has 166 valence electrons. The maximum Gasteiger partial charge on any atom is 0.230 e. The third-order valence-electron chi connectivity index (χ3n) is 5.24. The van der Waals surface area contributed by atoms with Crippen LogP contribution >= 0.6 is 24.0 Å². The average Bonchev–Trinajstić information content (AvgIpc) is 3.21. The summed E-state index contributed by atoms with van der Waals surface area (Å²) in [5.74, 6) is 4.54. The lowest BCUT2D eigenvalue weighted by Gasteiger charge is -2.31. The van der Waals surface area contributed by atoms with Gasteiger partial charge in [-0.15, -0.1) is 30.4 Å². The van der Waals surface area contributed by atoms with Gasteiger partial charge in [-0.05, 0) is 30.5 Å². The zero-order chi connectivity index (χ0) is 21.3. The third-order valence-corrected chi connectivity index (χ3v) is 5.24. The topological polar surface area (TPSA) is 75.2 Å². The van der Waals surface area contributed by atoms with Gasteiger partial charge in [0.1, 0.15) is 6.61 Å². The summed E-state index contributed by atoms with van der Waals surface area (Å²) in [5.41, 5.74) is 0.651. The summed E-state index contributed by atoms with van der Waals surface area (Å²) in [6.07, 6.45) is 9.25. The molecule has 0 spiro atoms. The number of nitrogens with zero attached hydrogens (tertiary/aromatic N) is 2. The lowest BCUT2D eigenvalue weighted by atomic mass is 9.84. The Labute approximate surface area is 197 Å². The van der Waals surface area contributed by atoms with E-state index < -0.39 is 0 Å². The fraction of sp³-hybridized carbons (Fsp3) is 0.545. The number of carbonyl (C=O) groups is 1. The molecule has 2 rings (SSSR count). The number of ether oxygens (including phenoxy) is 2. The number of guanidine groups is 1. The van der Waals surface area contributed by atoms with Gasteiger partial charge in [0, 0.05) is 34.2 Å². The number of methoxy groups -OCH3 is 1. The van der Waals surface area contributed by atoms with Crippen molar-refractivity contribution in [2.24, 2.45) is 10.4 Å². The molecule has 0 aliphatic heterocycles. The second-order valence-corrected chi connectivity index (χ2v) is 7.44. The highest BCUT2D eigenvalue weighted by molar-refractivity contribution is 14.0. The SMILES string of the molecule is C#CCOc1cc(CNC(=NC)NCC2(C(=O)N(C)C)CCCC2)ccc1OC.I. The van der Waals surface area contributed by atoms with E-state index in [9.17, 15) is 4.79 Å². The van der Waals surface area contributed by atoms with E-state index in [-0.39, 0.29) is 41.9 Å². The van der Waals surface area contributed by atoms with Crippen molar-refractivity contribution < 1.29 is 14.3 Å². The number of halogens is 1. The van der Waals surface area contributed by atoms with Crippen molar-refractivity contribution in [3.8, 4) is 23.8 Å². The molecule has 0 bridgehead atoms. The van der Waals surface area contributed by atoms with Crippen molar-refractivity contribution in [3.05, 3.63) is 23.8 Å². The summed E-state index contributed by atoms with van der Waals surface area (Å²) in [6.45, 7) is 1.30. The maximum atomic E-state index is 12.7. The largest absolute Gasteiger partial charge is 0.493 e. The van der Waals surface area contributed by atoms with Crippen LogP contribution in [-0.4, -0.2) is 58.2 Å². The van der Waals surface area contributed by atoms with Gasteiger partial charge in [0.25, 0.3) is 0 Å². The second kappa shape index (κ2) is 12.5. The van der Waals surface area contributed by atoms with Crippen molar-refractivity contribution in [1.82, 2.24) is 15.5 Å². The first-order chi connectivity index (χ1) is 14.0. The van der Waals surface area contributed by atoms with Crippen molar-refractivity contribution in [1.29, 1.82) is 0 Å². The molecule has 2 N–H and O–H groups in total. The maximum absolute atomic E-state index is 12.7. The Morgan fingerprint density at radius 2 is 1.97 bits per heavy atom. The predicted octanol–water partition coefficient (Wildman–Crippen LogP) is 2.64. The first-order valence-corrected chi connectivity index (χ1v) is 9.85. The van der Waals surface area contributed by atoms with Crippen molar-refractivity contribution in [3.63, 3.8) is 0 Å². The molecule has 1 amide bonds. The molecule has 8 heteroatoms. The van der Waals surface area contributed by atoms with Gasteiger partial charge < -0.3 is 25.0 Å². The van der Waals surface area contributed by atoms with Crippen LogP contribution in [0.15, 0.2) is 23.2 Å². The van der Waals surface area contributed by atoms with Crippen LogP contribution in [0.25, 0.3) is 0 Å². The summed E-state index contributed by atoms with van der Waals surface area (Å²) in [7, 11) is 6.95. The summed E-state index contributed by atoms with van der Waals surface area (Å²) in [4.78, 5) is 18.7. The molecular weight excluding hydrogens is 495 g/mol. The summed E-state index contributed by atoms with van der Waals surface area (Å²) in [6, 6.07) is 5.70. The highest BCUT2D eigenvalue weighted by Crippen LogP contribution is 2.38. The molecule has 1 fully saturated rings. The lowest BCUT2D eigenvalue weighted by Crippen LogP contribution is -2.49. The number of amides is 1. The van der Waals surface area contributed by atoms with Gasteiger partial charge in [-0.25, -0.2) is 0 Å². The fourth-order valence-electron chi connectivity index (χ4n) is 3.71. The molecule has 1 aliphatic rings. The van der Waals surface area contributed by atoms with Crippen LogP contribution in [0, 0.1) is 17.8 Å². The van der Waals surface area contributed by atoms with Gasteiger partial charge in [-0.1, -0.05) is 24.8 Å². The van der Waals surface area contributed by atoms with E-state index in [0.717, 1.165) is 31.2 Å². The van der Waals surface area contributed by atoms with Crippen LogP contribution in [0.2, 0.25) is 0 Å². The normalized spacial score (nSPS) is 14.8. The van der Waals surface area contributed by atoms with Gasteiger partial charge in [-0.3, -0.25) is 9.79 Å². The summed E-state index contributed by atoms with van der Waals surface area (Å²) >= 11 is 0. The van der Waals surface area contributed by atoms with Crippen molar-refractivity contribution in [2.75, 3.05) is 41.4 Å². The molecule has 0 saturated heterocycles. The number of aliphatic imine (C=N–C) groups is 1. The third kappa shape index (κ3) is 6.69. The van der Waals surface area contributed by atoms with Gasteiger partial charge in [0.2, 0.25) is 5.91 Å². The van der Waals surface area contributed by atoms with Crippen molar-refractivity contribution >= 4 is 35.8 Å². The Morgan fingerprint density at radius 3 is 2.53 bits per heavy atom. The molecule has 1 aromatic rings. The zero-order valence-electron chi connectivity index (χ0n) is 18.3. The Morgan fingerprint density at radius 1 is 1.27 bits per heavy atom. The van der Waals surface area contributed by atoms with Crippen LogP contribution in [0.4, 0.5) is 0 Å². The van der Waals surface area contributed by atoms with Gasteiger partial charge in [0.05, 0.1) is 12.5 Å². The molecular formula is C22H33IN4O3. The summed E-state index contributed by atoms with van der Waals surface area (Å²) < 4.78 is 10.9. The van der Waals surface area contributed by atoms with Gasteiger partial charge in [-0.2, -0.15) is 0 Å². The molecule has 30 heavy (non-hydrogen) atoms. The number of hydrogen-bond acceptors (Lipinski definition) is 4. The molecule has 1 aromatic carbocycles. The number of terminal acetylenes is 1. The number of nitrogens with one attached hydrogen (secondary N) is 2. The highest BCUT2D eigenvalue weighted by atomic mass is 127. The minimum atomic E-state index is -0.350. The van der Waals surface area contributed by atoms with Crippen molar-refractivity contribution in [2.45, 2.75) is 32.2 Å². The number of hydrogen-bond donors (Lipinski definition) is 2. The lowest BCUT2D eigenvalue weighted by molar-refractivity contribution is -0.138. The fourth-order valence-corrected chi connectivity index (χ4v) is 3.71. The van der Waals surface area contributed by atoms with E-state index in [4.69, 9.17) is 15.9 Å². The molecule has 7 nitrogen and oxygen atoms in total. The first-order valence-electron chi connectivity index (χ1n) is 9.85. The van der Waals surface area contributed by atoms with E-state index in [1.807, 2.05) is 32.3 Å². The van der Waals surface area contributed by atoms with Crippen LogP contribution in [0.5, 0.6) is 11.5 Å². The molecule has 0 aromatic heterocycles. The zero-order valence-corrected chi connectivity index (χ0v) is 20.6. The van der Waals surface area contributed by atoms with Gasteiger partial charge >= 0.3 is 0 Å². The van der Waals surface area contributed by atoms with E-state index in [2.05, 4.69) is 21.5 Å². The Bertz CT molecular complexity index is 768. The van der Waals surface area contributed by atoms with Crippen LogP contribution in [0.1, 0.15) is 31.2 Å². The van der Waals surface area contributed by atoms with E-state index in [1.165, 1.54) is 0 Å². The quantitative estimate of drug-likeness (QED) is 0.235. The number of carbonyl (C=O) groups excluding carboxylic acids is 1. The van der Waals surface area contributed by atoms with Crippen LogP contribution in [-0.2, 0) is 11.3 Å². The number of benzene rings is 1. The minimum absolute atomic E-state index is 0.